The van der Waals surface area contributed by atoms with Crippen LogP contribution in [-0.2, 0) is 0 Å². The van der Waals surface area contributed by atoms with Crippen LogP contribution in [0.15, 0.2) is 6.20 Å². The molecule has 0 radical (unpaired) electrons. The number of nitrogens with one attached hydrogen (secondary N) is 2. The SMILES string of the molecule is Cc1[nH]ncc1C(=O)NCC(C)(C)CCl. The summed E-state index contributed by atoms with van der Waals surface area (Å²) in [6.07, 6.45) is 1.53. The Morgan fingerprint density at radius 1 is 1.67 bits per heavy atom. The van der Waals surface area contributed by atoms with Gasteiger partial charge in [-0.05, 0) is 12.3 Å². The molecule has 0 aliphatic heterocycles. The van der Waals surface area contributed by atoms with Gasteiger partial charge in [0.15, 0.2) is 0 Å². The number of carbonyl (C=O) groups is 1. The van der Waals surface area contributed by atoms with E-state index in [2.05, 4.69) is 15.5 Å². The highest BCUT2D eigenvalue weighted by Crippen LogP contribution is 2.15. The maximum atomic E-state index is 11.7. The molecule has 0 saturated carbocycles. The first-order valence-electron chi connectivity index (χ1n) is 4.80. The van der Waals surface area contributed by atoms with E-state index >= 15 is 0 Å². The molecule has 2 N–H and O–H groups in total. The predicted octanol–water partition coefficient (Wildman–Crippen LogP) is 1.71. The minimum Gasteiger partial charge on any atom is -0.351 e. The molecular weight excluding hydrogens is 214 g/mol. The van der Waals surface area contributed by atoms with Gasteiger partial charge in [0.05, 0.1) is 11.8 Å². The van der Waals surface area contributed by atoms with E-state index < -0.39 is 0 Å². The molecule has 0 aromatic carbocycles. The highest BCUT2D eigenvalue weighted by molar-refractivity contribution is 6.18. The fourth-order valence-electron chi connectivity index (χ4n) is 1.04. The maximum absolute atomic E-state index is 11.7. The standard InChI is InChI=1S/C10H16ClN3O/c1-7-8(4-13-14-7)9(15)12-6-10(2,3)5-11/h4H,5-6H2,1-3H3,(H,12,15)(H,13,14). The quantitative estimate of drug-likeness (QED) is 0.773. The van der Waals surface area contributed by atoms with Gasteiger partial charge in [-0.2, -0.15) is 5.10 Å². The first-order chi connectivity index (χ1) is 6.96. The number of aromatic nitrogens is 2. The van der Waals surface area contributed by atoms with E-state index in [9.17, 15) is 4.79 Å². The van der Waals surface area contributed by atoms with Crippen LogP contribution in [-0.4, -0.2) is 28.5 Å². The third-order valence-corrected chi connectivity index (χ3v) is 2.89. The zero-order chi connectivity index (χ0) is 11.5. The van der Waals surface area contributed by atoms with E-state index in [1.165, 1.54) is 6.20 Å². The molecule has 84 valence electrons. The van der Waals surface area contributed by atoms with Crippen LogP contribution in [0.1, 0.15) is 29.9 Å². The van der Waals surface area contributed by atoms with Crippen molar-refractivity contribution in [3.63, 3.8) is 0 Å². The van der Waals surface area contributed by atoms with Crippen LogP contribution < -0.4 is 5.32 Å². The third-order valence-electron chi connectivity index (χ3n) is 2.16. The average molecular weight is 230 g/mol. The van der Waals surface area contributed by atoms with Crippen LogP contribution in [0, 0.1) is 12.3 Å². The summed E-state index contributed by atoms with van der Waals surface area (Å²) in [5.41, 5.74) is 1.27. The maximum Gasteiger partial charge on any atom is 0.254 e. The smallest absolute Gasteiger partial charge is 0.254 e. The summed E-state index contributed by atoms with van der Waals surface area (Å²) in [5.74, 6) is 0.400. The lowest BCUT2D eigenvalue weighted by atomic mass is 9.96. The molecule has 5 heteroatoms. The van der Waals surface area contributed by atoms with Crippen molar-refractivity contribution in [3.8, 4) is 0 Å². The number of nitrogens with zero attached hydrogens (tertiary/aromatic N) is 1. The van der Waals surface area contributed by atoms with Crippen LogP contribution in [0.3, 0.4) is 0 Å². The van der Waals surface area contributed by atoms with Crippen molar-refractivity contribution in [1.82, 2.24) is 15.5 Å². The summed E-state index contributed by atoms with van der Waals surface area (Å²) >= 11 is 5.76. The van der Waals surface area contributed by atoms with Crippen molar-refractivity contribution in [2.75, 3.05) is 12.4 Å². The Morgan fingerprint density at radius 2 is 2.33 bits per heavy atom. The molecule has 0 unspecified atom stereocenters. The van der Waals surface area contributed by atoms with Crippen molar-refractivity contribution in [2.24, 2.45) is 5.41 Å². The number of aromatic amines is 1. The molecule has 0 saturated heterocycles. The van der Waals surface area contributed by atoms with Crippen LogP contribution >= 0.6 is 11.6 Å². The monoisotopic (exact) mass is 229 g/mol. The summed E-state index contributed by atoms with van der Waals surface area (Å²) in [4.78, 5) is 11.7. The molecule has 1 rings (SSSR count). The summed E-state index contributed by atoms with van der Waals surface area (Å²) in [5, 5.41) is 9.35. The molecule has 4 nitrogen and oxygen atoms in total. The number of halogens is 1. The van der Waals surface area contributed by atoms with E-state index in [0.717, 1.165) is 5.69 Å². The van der Waals surface area contributed by atoms with Gasteiger partial charge < -0.3 is 5.32 Å². The number of H-pyrrole nitrogens is 1. The Kier molecular flexibility index (Phi) is 3.74. The van der Waals surface area contributed by atoms with Crippen molar-refractivity contribution in [1.29, 1.82) is 0 Å². The Hall–Kier alpha value is -1.03. The van der Waals surface area contributed by atoms with Crippen molar-refractivity contribution in [2.45, 2.75) is 20.8 Å². The van der Waals surface area contributed by atoms with E-state index in [1.54, 1.807) is 0 Å². The second-order valence-corrected chi connectivity index (χ2v) is 4.66. The molecule has 1 heterocycles. The number of alkyl halides is 1. The molecule has 1 aromatic rings. The molecular formula is C10H16ClN3O. The molecule has 0 aliphatic carbocycles. The minimum atomic E-state index is -0.112. The van der Waals surface area contributed by atoms with Crippen LogP contribution in [0.2, 0.25) is 0 Å². The van der Waals surface area contributed by atoms with Gasteiger partial charge >= 0.3 is 0 Å². The largest absolute Gasteiger partial charge is 0.351 e. The van der Waals surface area contributed by atoms with Gasteiger partial charge in [0, 0.05) is 18.1 Å². The van der Waals surface area contributed by atoms with Gasteiger partial charge in [-0.1, -0.05) is 13.8 Å². The zero-order valence-electron chi connectivity index (χ0n) is 9.22. The Morgan fingerprint density at radius 3 is 2.80 bits per heavy atom. The Bertz CT molecular complexity index is 346. The van der Waals surface area contributed by atoms with E-state index in [-0.39, 0.29) is 11.3 Å². The number of hydrogen-bond acceptors (Lipinski definition) is 2. The van der Waals surface area contributed by atoms with Gasteiger partial charge in [-0.15, -0.1) is 11.6 Å². The molecule has 0 aliphatic rings. The lowest BCUT2D eigenvalue weighted by molar-refractivity contribution is 0.0939. The number of aryl methyl sites for hydroxylation is 1. The molecule has 1 amide bonds. The Labute approximate surface area is 94.4 Å². The van der Waals surface area contributed by atoms with Crippen LogP contribution in [0.25, 0.3) is 0 Å². The number of amides is 1. The lowest BCUT2D eigenvalue weighted by Gasteiger charge is -2.21. The average Bonchev–Trinajstić information content (AvgIpc) is 2.61. The minimum absolute atomic E-state index is 0.0884. The van der Waals surface area contributed by atoms with Crippen LogP contribution in [0.4, 0.5) is 0 Å². The molecule has 0 atom stereocenters. The number of hydrogen-bond donors (Lipinski definition) is 2. The summed E-state index contributed by atoms with van der Waals surface area (Å²) in [7, 11) is 0. The zero-order valence-corrected chi connectivity index (χ0v) is 9.98. The summed E-state index contributed by atoms with van der Waals surface area (Å²) in [6, 6.07) is 0. The second-order valence-electron chi connectivity index (χ2n) is 4.39. The molecule has 15 heavy (non-hydrogen) atoms. The van der Waals surface area contributed by atoms with Gasteiger partial charge in [0.25, 0.3) is 5.91 Å². The fraction of sp³-hybridized carbons (Fsp3) is 0.600. The molecule has 0 bridgehead atoms. The highest BCUT2D eigenvalue weighted by Gasteiger charge is 2.18. The van der Waals surface area contributed by atoms with E-state index in [4.69, 9.17) is 11.6 Å². The summed E-state index contributed by atoms with van der Waals surface area (Å²) < 4.78 is 0. The molecule has 1 aromatic heterocycles. The van der Waals surface area contributed by atoms with E-state index in [1.807, 2.05) is 20.8 Å². The predicted molar refractivity (Wildman–Crippen MR) is 60.2 cm³/mol. The van der Waals surface area contributed by atoms with Crippen molar-refractivity contribution < 1.29 is 4.79 Å². The highest BCUT2D eigenvalue weighted by atomic mass is 35.5. The first-order valence-corrected chi connectivity index (χ1v) is 5.34. The lowest BCUT2D eigenvalue weighted by Crippen LogP contribution is -2.35. The van der Waals surface area contributed by atoms with E-state index in [0.29, 0.717) is 18.0 Å². The third kappa shape index (κ3) is 3.23. The number of rotatable bonds is 4. The van der Waals surface area contributed by atoms with Gasteiger partial charge in [-0.25, -0.2) is 0 Å². The van der Waals surface area contributed by atoms with Gasteiger partial charge in [0.2, 0.25) is 0 Å². The summed E-state index contributed by atoms with van der Waals surface area (Å²) in [6.45, 7) is 6.37. The van der Waals surface area contributed by atoms with Gasteiger partial charge in [0.1, 0.15) is 0 Å². The fourth-order valence-corrected chi connectivity index (χ4v) is 1.14. The molecule has 0 spiro atoms. The first kappa shape index (κ1) is 12.0. The Balaban J connectivity index is 2.55. The normalized spacial score (nSPS) is 11.5. The topological polar surface area (TPSA) is 57.8 Å². The van der Waals surface area contributed by atoms with Crippen LogP contribution in [0.5, 0.6) is 0 Å². The van der Waals surface area contributed by atoms with Crippen molar-refractivity contribution in [3.05, 3.63) is 17.5 Å². The number of carbonyl (C=O) groups excluding carboxylic acids is 1. The van der Waals surface area contributed by atoms with Gasteiger partial charge in [-0.3, -0.25) is 9.89 Å². The second kappa shape index (κ2) is 4.66. The molecule has 0 fully saturated rings. The van der Waals surface area contributed by atoms with Crippen molar-refractivity contribution >= 4 is 17.5 Å².